The van der Waals surface area contributed by atoms with Gasteiger partial charge in [-0.2, -0.15) is 0 Å². The van der Waals surface area contributed by atoms with Crippen molar-refractivity contribution >= 4 is 27.6 Å². The summed E-state index contributed by atoms with van der Waals surface area (Å²) < 4.78 is 0. The van der Waals surface area contributed by atoms with Crippen LogP contribution in [0.4, 0.5) is 5.95 Å². The molecule has 0 amide bonds. The minimum atomic E-state index is 0.337. The second kappa shape index (κ2) is 2.67. The number of hydrogen-bond acceptors (Lipinski definition) is 5. The van der Waals surface area contributed by atoms with E-state index >= 15 is 0 Å². The number of hydrogen-bond donors (Lipinski definition) is 1. The number of nitrogens with zero attached hydrogens (tertiary/aromatic N) is 3. The molecule has 0 radical (unpaired) electrons. The molecule has 2 N–H and O–H groups in total. The van der Waals surface area contributed by atoms with Crippen molar-refractivity contribution in [2.24, 2.45) is 0 Å². The molecule has 0 aliphatic rings. The van der Waals surface area contributed by atoms with Gasteiger partial charge in [-0.25, -0.2) is 15.0 Å². The lowest BCUT2D eigenvalue weighted by Crippen LogP contribution is -1.98. The minimum Gasteiger partial charge on any atom is -0.368 e. The Bertz CT molecular complexity index is 409. The molecule has 0 saturated heterocycles. The Hall–Kier alpha value is -1.23. The molecule has 2 rings (SSSR count). The molecule has 2 heterocycles. The first kappa shape index (κ1) is 7.42. The van der Waals surface area contributed by atoms with E-state index in [1.807, 2.05) is 6.92 Å². The Morgan fingerprint density at radius 3 is 3.08 bits per heavy atom. The zero-order chi connectivity index (χ0) is 8.55. The Morgan fingerprint density at radius 1 is 1.50 bits per heavy atom. The van der Waals surface area contributed by atoms with Crippen molar-refractivity contribution in [1.29, 1.82) is 0 Å². The number of aromatic nitrogens is 3. The zero-order valence-corrected chi connectivity index (χ0v) is 7.43. The van der Waals surface area contributed by atoms with Gasteiger partial charge in [0.25, 0.3) is 0 Å². The summed E-state index contributed by atoms with van der Waals surface area (Å²) in [6.07, 6.45) is 0.840. The van der Waals surface area contributed by atoms with Crippen LogP contribution >= 0.6 is 11.3 Å². The van der Waals surface area contributed by atoms with E-state index in [0.29, 0.717) is 5.95 Å². The molecule has 0 spiro atoms. The number of nitrogens with two attached hydrogens (primary N) is 1. The third kappa shape index (κ3) is 1.02. The van der Waals surface area contributed by atoms with Gasteiger partial charge in [-0.05, 0) is 6.42 Å². The van der Waals surface area contributed by atoms with E-state index in [-0.39, 0.29) is 0 Å². The molecule has 2 aromatic heterocycles. The standard InChI is InChI=1S/C7H8N4S/c1-2-4-5-6(12-3-9-5)11-7(8)10-4/h3H,2H2,1H3,(H2,8,10,11). The van der Waals surface area contributed by atoms with E-state index in [1.54, 1.807) is 5.51 Å². The van der Waals surface area contributed by atoms with Gasteiger partial charge in [-0.1, -0.05) is 6.92 Å². The van der Waals surface area contributed by atoms with Crippen LogP contribution in [0.3, 0.4) is 0 Å². The van der Waals surface area contributed by atoms with Gasteiger partial charge in [-0.15, -0.1) is 11.3 Å². The van der Waals surface area contributed by atoms with Crippen LogP contribution in [0.15, 0.2) is 5.51 Å². The fourth-order valence-electron chi connectivity index (χ4n) is 1.08. The summed E-state index contributed by atoms with van der Waals surface area (Å²) in [5, 5.41) is 0. The summed E-state index contributed by atoms with van der Waals surface area (Å²) in [5.41, 5.74) is 9.09. The molecule has 0 atom stereocenters. The van der Waals surface area contributed by atoms with Crippen molar-refractivity contribution in [1.82, 2.24) is 15.0 Å². The molecular weight excluding hydrogens is 172 g/mol. The molecule has 62 valence electrons. The summed E-state index contributed by atoms with van der Waals surface area (Å²) in [4.78, 5) is 13.2. The van der Waals surface area contributed by atoms with Crippen LogP contribution < -0.4 is 5.73 Å². The average Bonchev–Trinajstić information content (AvgIpc) is 2.50. The molecule has 12 heavy (non-hydrogen) atoms. The highest BCUT2D eigenvalue weighted by atomic mass is 32.1. The maximum absolute atomic E-state index is 5.52. The summed E-state index contributed by atoms with van der Waals surface area (Å²) in [7, 11) is 0. The molecule has 0 bridgehead atoms. The highest BCUT2D eigenvalue weighted by Crippen LogP contribution is 2.18. The predicted molar refractivity (Wildman–Crippen MR) is 49.0 cm³/mol. The summed E-state index contributed by atoms with van der Waals surface area (Å²) in [5.74, 6) is 0.337. The van der Waals surface area contributed by atoms with Crippen LogP contribution in [0.1, 0.15) is 12.6 Å². The van der Waals surface area contributed by atoms with Gasteiger partial charge in [0.15, 0.2) is 0 Å². The van der Waals surface area contributed by atoms with E-state index < -0.39 is 0 Å². The first-order valence-corrected chi connectivity index (χ1v) is 4.55. The van der Waals surface area contributed by atoms with Crippen LogP contribution in [0.5, 0.6) is 0 Å². The number of thiazole rings is 1. The minimum absolute atomic E-state index is 0.337. The Labute approximate surface area is 73.5 Å². The van der Waals surface area contributed by atoms with Crippen molar-refractivity contribution < 1.29 is 0 Å². The monoisotopic (exact) mass is 180 g/mol. The van der Waals surface area contributed by atoms with Crippen LogP contribution in [-0.4, -0.2) is 15.0 Å². The maximum atomic E-state index is 5.52. The fourth-order valence-corrected chi connectivity index (χ4v) is 1.77. The average molecular weight is 180 g/mol. The largest absolute Gasteiger partial charge is 0.368 e. The van der Waals surface area contributed by atoms with Gasteiger partial charge < -0.3 is 5.73 Å². The third-order valence-electron chi connectivity index (χ3n) is 1.62. The second-order valence-corrected chi connectivity index (χ2v) is 3.22. The lowest BCUT2D eigenvalue weighted by atomic mass is 10.3. The number of rotatable bonds is 1. The Balaban J connectivity index is 2.80. The Morgan fingerprint density at radius 2 is 2.33 bits per heavy atom. The molecule has 4 nitrogen and oxygen atoms in total. The summed E-state index contributed by atoms with van der Waals surface area (Å²) >= 11 is 1.49. The highest BCUT2D eigenvalue weighted by molar-refractivity contribution is 7.16. The number of nitrogen functional groups attached to an aromatic ring is 1. The first-order chi connectivity index (χ1) is 5.81. The van der Waals surface area contributed by atoms with Crippen LogP contribution in [0.25, 0.3) is 10.3 Å². The quantitative estimate of drug-likeness (QED) is 0.716. The number of fused-ring (bicyclic) bond motifs is 1. The van der Waals surface area contributed by atoms with Gasteiger partial charge in [0, 0.05) is 0 Å². The van der Waals surface area contributed by atoms with Gasteiger partial charge in [0.1, 0.15) is 10.3 Å². The summed E-state index contributed by atoms with van der Waals surface area (Å²) in [6, 6.07) is 0. The molecule has 0 saturated carbocycles. The zero-order valence-electron chi connectivity index (χ0n) is 6.61. The van der Waals surface area contributed by atoms with Crippen molar-refractivity contribution in [3.63, 3.8) is 0 Å². The Kier molecular flexibility index (Phi) is 1.65. The van der Waals surface area contributed by atoms with Gasteiger partial charge in [-0.3, -0.25) is 0 Å². The molecular formula is C7H8N4S. The van der Waals surface area contributed by atoms with Crippen molar-refractivity contribution in [2.45, 2.75) is 13.3 Å². The van der Waals surface area contributed by atoms with Crippen molar-refractivity contribution in [2.75, 3.05) is 5.73 Å². The van der Waals surface area contributed by atoms with E-state index in [4.69, 9.17) is 5.73 Å². The smallest absolute Gasteiger partial charge is 0.221 e. The van der Waals surface area contributed by atoms with Crippen LogP contribution in [-0.2, 0) is 6.42 Å². The lowest BCUT2D eigenvalue weighted by Gasteiger charge is -1.97. The molecule has 0 aliphatic heterocycles. The molecule has 2 aromatic rings. The van der Waals surface area contributed by atoms with Gasteiger partial charge in [0.05, 0.1) is 11.2 Å². The maximum Gasteiger partial charge on any atom is 0.221 e. The first-order valence-electron chi connectivity index (χ1n) is 3.67. The third-order valence-corrected chi connectivity index (χ3v) is 2.34. The van der Waals surface area contributed by atoms with E-state index in [0.717, 1.165) is 22.5 Å². The molecule has 5 heteroatoms. The number of aryl methyl sites for hydroxylation is 1. The van der Waals surface area contributed by atoms with E-state index in [2.05, 4.69) is 15.0 Å². The molecule has 0 aliphatic carbocycles. The second-order valence-electron chi connectivity index (χ2n) is 2.39. The predicted octanol–water partition coefficient (Wildman–Crippen LogP) is 1.23. The van der Waals surface area contributed by atoms with Crippen molar-refractivity contribution in [3.05, 3.63) is 11.2 Å². The SMILES string of the molecule is CCc1nc(N)nc2scnc12. The fraction of sp³-hybridized carbons (Fsp3) is 0.286. The molecule has 0 aromatic carbocycles. The van der Waals surface area contributed by atoms with Crippen LogP contribution in [0.2, 0.25) is 0 Å². The highest BCUT2D eigenvalue weighted by Gasteiger charge is 2.05. The summed E-state index contributed by atoms with van der Waals surface area (Å²) in [6.45, 7) is 2.03. The van der Waals surface area contributed by atoms with E-state index in [9.17, 15) is 0 Å². The number of anilines is 1. The normalized spacial score (nSPS) is 10.8. The molecule has 0 unspecified atom stereocenters. The van der Waals surface area contributed by atoms with Crippen LogP contribution in [0, 0.1) is 0 Å². The van der Waals surface area contributed by atoms with E-state index in [1.165, 1.54) is 11.3 Å². The van der Waals surface area contributed by atoms with Crippen molar-refractivity contribution in [3.8, 4) is 0 Å². The topological polar surface area (TPSA) is 64.7 Å². The lowest BCUT2D eigenvalue weighted by molar-refractivity contribution is 1.03. The molecule has 0 fully saturated rings. The van der Waals surface area contributed by atoms with Gasteiger partial charge in [0.2, 0.25) is 5.95 Å². The van der Waals surface area contributed by atoms with Gasteiger partial charge >= 0.3 is 0 Å².